The zero-order valence-corrected chi connectivity index (χ0v) is 20.9. The molecule has 0 atom stereocenters. The Morgan fingerprint density at radius 1 is 1.06 bits per heavy atom. The van der Waals surface area contributed by atoms with Gasteiger partial charge in [0.2, 0.25) is 5.91 Å². The van der Waals surface area contributed by atoms with Crippen molar-refractivity contribution in [2.45, 2.75) is 51.2 Å². The summed E-state index contributed by atoms with van der Waals surface area (Å²) in [5.41, 5.74) is 2.44. The highest BCUT2D eigenvalue weighted by Crippen LogP contribution is 2.26. The zero-order valence-electron chi connectivity index (χ0n) is 20.1. The van der Waals surface area contributed by atoms with Gasteiger partial charge in [-0.3, -0.25) is 9.59 Å². The molecule has 186 valence electrons. The number of carboxylic acid groups (broad SMARTS) is 1. The van der Waals surface area contributed by atoms with Crippen LogP contribution in [0, 0.1) is 0 Å². The number of anilines is 1. The molecule has 0 aliphatic carbocycles. The van der Waals surface area contributed by atoms with E-state index in [1.54, 1.807) is 40.7 Å². The van der Waals surface area contributed by atoms with Crippen LogP contribution in [-0.2, 0) is 20.9 Å². The third kappa shape index (κ3) is 6.85. The van der Waals surface area contributed by atoms with Crippen LogP contribution in [0.3, 0.4) is 0 Å². The number of fused-ring (bicyclic) bond motifs is 1. The second-order valence-corrected chi connectivity index (χ2v) is 9.01. The number of unbranched alkanes of at least 4 members (excludes halogenated alkanes) is 1. The number of carboxylic acids is 1. The maximum atomic E-state index is 13.1. The third-order valence-corrected chi connectivity index (χ3v) is 6.47. The Morgan fingerprint density at radius 3 is 2.54 bits per heavy atom. The third-order valence-electron chi connectivity index (χ3n) is 5.41. The maximum Gasteiger partial charge on any atom is 0.340 e. The average molecular weight is 498 g/mol. The van der Waals surface area contributed by atoms with E-state index < -0.39 is 11.9 Å². The second kappa shape index (κ2) is 12.9. The molecule has 1 amide bonds. The topological polar surface area (TPSA) is 102 Å². The first kappa shape index (κ1) is 26.3. The van der Waals surface area contributed by atoms with Crippen LogP contribution in [0.15, 0.2) is 53.7 Å². The molecule has 1 aromatic heterocycles. The highest BCUT2D eigenvalue weighted by atomic mass is 32.2. The summed E-state index contributed by atoms with van der Waals surface area (Å²) in [7, 11) is 0. The van der Waals surface area contributed by atoms with E-state index in [0.29, 0.717) is 41.5 Å². The SMILES string of the molecule is CCCCC(=O)N(CCCSc1nc2ccccc2n1CC(=O)O)c1ccccc1C(=O)OCC. The van der Waals surface area contributed by atoms with Gasteiger partial charge in [-0.2, -0.15) is 0 Å². The molecule has 0 bridgehead atoms. The summed E-state index contributed by atoms with van der Waals surface area (Å²) in [5, 5.41) is 9.97. The van der Waals surface area contributed by atoms with E-state index in [2.05, 4.69) is 4.98 Å². The number of carbonyl (C=O) groups is 3. The molecule has 3 rings (SSSR count). The summed E-state index contributed by atoms with van der Waals surface area (Å²) >= 11 is 1.46. The molecule has 3 aromatic rings. The number of para-hydroxylation sites is 3. The molecule has 1 heterocycles. The summed E-state index contributed by atoms with van der Waals surface area (Å²) in [4.78, 5) is 43.2. The van der Waals surface area contributed by atoms with Gasteiger partial charge in [-0.05, 0) is 44.0 Å². The number of hydrogen-bond acceptors (Lipinski definition) is 6. The van der Waals surface area contributed by atoms with E-state index in [0.717, 1.165) is 23.9 Å². The van der Waals surface area contributed by atoms with Crippen LogP contribution in [0.1, 0.15) is 49.9 Å². The van der Waals surface area contributed by atoms with Gasteiger partial charge < -0.3 is 19.3 Å². The van der Waals surface area contributed by atoms with Crippen molar-refractivity contribution in [1.82, 2.24) is 9.55 Å². The number of aromatic nitrogens is 2. The van der Waals surface area contributed by atoms with Gasteiger partial charge in [0, 0.05) is 18.7 Å². The summed E-state index contributed by atoms with van der Waals surface area (Å²) in [5.74, 6) is -0.791. The Kier molecular flexibility index (Phi) is 9.72. The van der Waals surface area contributed by atoms with Crippen LogP contribution in [0.4, 0.5) is 5.69 Å². The quantitative estimate of drug-likeness (QED) is 0.201. The van der Waals surface area contributed by atoms with Crippen LogP contribution in [0.5, 0.6) is 0 Å². The van der Waals surface area contributed by atoms with E-state index in [1.165, 1.54) is 11.8 Å². The zero-order chi connectivity index (χ0) is 25.2. The molecule has 2 aromatic carbocycles. The molecule has 0 spiro atoms. The predicted octanol–water partition coefficient (Wildman–Crippen LogP) is 5.00. The monoisotopic (exact) mass is 497 g/mol. The van der Waals surface area contributed by atoms with Gasteiger partial charge in [0.25, 0.3) is 0 Å². The normalized spacial score (nSPS) is 10.9. The molecule has 9 heteroatoms. The minimum Gasteiger partial charge on any atom is -0.480 e. The number of imidazole rings is 1. The van der Waals surface area contributed by atoms with Gasteiger partial charge in [0.05, 0.1) is 28.9 Å². The van der Waals surface area contributed by atoms with Gasteiger partial charge >= 0.3 is 11.9 Å². The average Bonchev–Trinajstić information content (AvgIpc) is 3.19. The maximum absolute atomic E-state index is 13.1. The van der Waals surface area contributed by atoms with E-state index in [1.807, 2.05) is 31.2 Å². The first-order chi connectivity index (χ1) is 17.0. The van der Waals surface area contributed by atoms with Gasteiger partial charge in [0.15, 0.2) is 5.16 Å². The molecule has 0 radical (unpaired) electrons. The number of amides is 1. The van der Waals surface area contributed by atoms with Crippen molar-refractivity contribution in [3.05, 3.63) is 54.1 Å². The lowest BCUT2D eigenvalue weighted by molar-refractivity contribution is -0.137. The number of aliphatic carboxylic acids is 1. The second-order valence-electron chi connectivity index (χ2n) is 7.95. The number of rotatable bonds is 13. The molecule has 0 saturated carbocycles. The van der Waals surface area contributed by atoms with Crippen LogP contribution >= 0.6 is 11.8 Å². The number of hydrogen-bond donors (Lipinski definition) is 1. The van der Waals surface area contributed by atoms with Crippen LogP contribution in [0.25, 0.3) is 11.0 Å². The van der Waals surface area contributed by atoms with Crippen molar-refractivity contribution < 1.29 is 24.2 Å². The van der Waals surface area contributed by atoms with Gasteiger partial charge in [-0.1, -0.05) is 49.4 Å². The summed E-state index contributed by atoms with van der Waals surface area (Å²) in [6.45, 7) is 4.29. The fourth-order valence-electron chi connectivity index (χ4n) is 3.77. The van der Waals surface area contributed by atoms with Crippen LogP contribution in [0.2, 0.25) is 0 Å². The lowest BCUT2D eigenvalue weighted by Gasteiger charge is -2.25. The Balaban J connectivity index is 1.76. The van der Waals surface area contributed by atoms with E-state index in [9.17, 15) is 19.5 Å². The van der Waals surface area contributed by atoms with Crippen molar-refractivity contribution in [2.75, 3.05) is 23.8 Å². The van der Waals surface area contributed by atoms with Crippen molar-refractivity contribution in [1.29, 1.82) is 0 Å². The Hall–Kier alpha value is -3.33. The highest BCUT2D eigenvalue weighted by molar-refractivity contribution is 7.99. The predicted molar refractivity (Wildman–Crippen MR) is 137 cm³/mol. The molecule has 0 fully saturated rings. The molecular weight excluding hydrogens is 466 g/mol. The van der Waals surface area contributed by atoms with Gasteiger partial charge in [0.1, 0.15) is 6.54 Å². The van der Waals surface area contributed by atoms with Crippen molar-refractivity contribution in [3.8, 4) is 0 Å². The molecule has 0 aliphatic heterocycles. The summed E-state index contributed by atoms with van der Waals surface area (Å²) in [6, 6.07) is 14.5. The standard InChI is InChI=1S/C26H31N3O5S/c1-3-5-15-23(30)28(21-13-8-6-11-19(21)25(33)34-4-2)16-10-17-35-26-27-20-12-7-9-14-22(20)29(26)18-24(31)32/h6-9,11-14H,3-5,10,15-18H2,1-2H3,(H,31,32). The minimum absolute atomic E-state index is 0.0354. The Labute approximate surface area is 209 Å². The molecule has 0 unspecified atom stereocenters. The Bertz CT molecular complexity index is 1180. The molecular formula is C26H31N3O5S. The fraction of sp³-hybridized carbons (Fsp3) is 0.385. The summed E-state index contributed by atoms with van der Waals surface area (Å²) in [6.07, 6.45) is 2.70. The minimum atomic E-state index is -0.932. The number of nitrogens with zero attached hydrogens (tertiary/aromatic N) is 3. The summed E-state index contributed by atoms with van der Waals surface area (Å²) < 4.78 is 6.89. The lowest BCUT2D eigenvalue weighted by Crippen LogP contribution is -2.33. The van der Waals surface area contributed by atoms with Crippen LogP contribution < -0.4 is 4.90 Å². The van der Waals surface area contributed by atoms with E-state index in [-0.39, 0.29) is 19.1 Å². The largest absolute Gasteiger partial charge is 0.480 e. The number of carbonyl (C=O) groups excluding carboxylic acids is 2. The van der Waals surface area contributed by atoms with Crippen molar-refractivity contribution in [3.63, 3.8) is 0 Å². The highest BCUT2D eigenvalue weighted by Gasteiger charge is 2.22. The molecule has 35 heavy (non-hydrogen) atoms. The molecule has 0 aliphatic rings. The van der Waals surface area contributed by atoms with Crippen molar-refractivity contribution >= 4 is 46.3 Å². The smallest absolute Gasteiger partial charge is 0.340 e. The number of thioether (sulfide) groups is 1. The molecule has 0 saturated heterocycles. The van der Waals surface area contributed by atoms with Crippen LogP contribution in [-0.4, -0.2) is 51.4 Å². The molecule has 8 nitrogen and oxygen atoms in total. The van der Waals surface area contributed by atoms with E-state index >= 15 is 0 Å². The fourth-order valence-corrected chi connectivity index (χ4v) is 4.71. The number of esters is 1. The first-order valence-corrected chi connectivity index (χ1v) is 12.8. The van der Waals surface area contributed by atoms with Gasteiger partial charge in [-0.25, -0.2) is 9.78 Å². The van der Waals surface area contributed by atoms with Gasteiger partial charge in [-0.15, -0.1) is 0 Å². The molecule has 1 N–H and O–H groups in total. The number of ether oxygens (including phenoxy) is 1. The first-order valence-electron chi connectivity index (χ1n) is 11.8. The number of benzene rings is 2. The lowest BCUT2D eigenvalue weighted by atomic mass is 10.1. The Morgan fingerprint density at radius 2 is 1.80 bits per heavy atom. The van der Waals surface area contributed by atoms with Crippen molar-refractivity contribution in [2.24, 2.45) is 0 Å². The van der Waals surface area contributed by atoms with E-state index in [4.69, 9.17) is 4.74 Å².